The van der Waals surface area contributed by atoms with E-state index in [0.717, 1.165) is 32.5 Å². The van der Waals surface area contributed by atoms with Gasteiger partial charge in [0.05, 0.1) is 6.04 Å². The van der Waals surface area contributed by atoms with Crippen molar-refractivity contribution < 1.29 is 9.53 Å². The lowest BCUT2D eigenvalue weighted by atomic mass is 9.97. The SMILES string of the molecule is CNC(CN1CCC(COC)CC1)C(N)=O. The average Bonchev–Trinajstić information content (AvgIpc) is 2.28. The lowest BCUT2D eigenvalue weighted by Gasteiger charge is -2.33. The lowest BCUT2D eigenvalue weighted by Crippen LogP contribution is -2.49. The number of nitrogens with zero attached hydrogens (tertiary/aromatic N) is 1. The first-order valence-corrected chi connectivity index (χ1v) is 5.85. The van der Waals surface area contributed by atoms with Crippen LogP contribution in [0.3, 0.4) is 0 Å². The molecular weight excluding hydrogens is 206 g/mol. The molecule has 0 aromatic carbocycles. The van der Waals surface area contributed by atoms with E-state index in [9.17, 15) is 4.79 Å². The molecule has 1 heterocycles. The van der Waals surface area contributed by atoms with Gasteiger partial charge in [0.2, 0.25) is 5.91 Å². The minimum atomic E-state index is -0.276. The Morgan fingerprint density at radius 3 is 2.62 bits per heavy atom. The van der Waals surface area contributed by atoms with Crippen molar-refractivity contribution in [3.05, 3.63) is 0 Å². The van der Waals surface area contributed by atoms with Gasteiger partial charge in [-0.05, 0) is 38.9 Å². The summed E-state index contributed by atoms with van der Waals surface area (Å²) in [5.41, 5.74) is 5.29. The Labute approximate surface area is 97.3 Å². The number of carbonyl (C=O) groups excluding carboxylic acids is 1. The highest BCUT2D eigenvalue weighted by molar-refractivity contribution is 5.80. The van der Waals surface area contributed by atoms with E-state index in [0.29, 0.717) is 12.5 Å². The fourth-order valence-electron chi connectivity index (χ4n) is 2.15. The van der Waals surface area contributed by atoms with E-state index >= 15 is 0 Å². The topological polar surface area (TPSA) is 67.6 Å². The molecule has 3 N–H and O–H groups in total. The van der Waals surface area contributed by atoms with Crippen molar-refractivity contribution in [3.63, 3.8) is 0 Å². The highest BCUT2D eigenvalue weighted by atomic mass is 16.5. The molecule has 1 unspecified atom stereocenters. The third-order valence-corrected chi connectivity index (χ3v) is 3.24. The van der Waals surface area contributed by atoms with Gasteiger partial charge in [0.25, 0.3) is 0 Å². The van der Waals surface area contributed by atoms with Crippen LogP contribution in [0.15, 0.2) is 0 Å². The van der Waals surface area contributed by atoms with Crippen LogP contribution >= 0.6 is 0 Å². The summed E-state index contributed by atoms with van der Waals surface area (Å²) in [6, 6.07) is -0.237. The van der Waals surface area contributed by atoms with E-state index < -0.39 is 0 Å². The highest BCUT2D eigenvalue weighted by Crippen LogP contribution is 2.17. The molecule has 0 aliphatic carbocycles. The molecule has 1 atom stereocenters. The molecule has 0 saturated carbocycles. The van der Waals surface area contributed by atoms with Crippen LogP contribution < -0.4 is 11.1 Å². The molecule has 5 nitrogen and oxygen atoms in total. The van der Waals surface area contributed by atoms with Gasteiger partial charge in [-0.25, -0.2) is 0 Å². The number of carbonyl (C=O) groups is 1. The molecule has 0 bridgehead atoms. The summed E-state index contributed by atoms with van der Waals surface area (Å²) in [6.07, 6.45) is 2.28. The molecule has 1 amide bonds. The Bertz CT molecular complexity index is 215. The summed E-state index contributed by atoms with van der Waals surface area (Å²) in [6.45, 7) is 3.61. The van der Waals surface area contributed by atoms with Gasteiger partial charge in [-0.3, -0.25) is 4.79 Å². The van der Waals surface area contributed by atoms with Crippen LogP contribution in [0.25, 0.3) is 0 Å². The Hall–Kier alpha value is -0.650. The second-order valence-corrected chi connectivity index (χ2v) is 4.44. The highest BCUT2D eigenvalue weighted by Gasteiger charge is 2.22. The number of methoxy groups -OCH3 is 1. The largest absolute Gasteiger partial charge is 0.384 e. The Balaban J connectivity index is 2.28. The van der Waals surface area contributed by atoms with Crippen molar-refractivity contribution in [2.75, 3.05) is 40.4 Å². The summed E-state index contributed by atoms with van der Waals surface area (Å²) in [5.74, 6) is 0.393. The fourth-order valence-corrected chi connectivity index (χ4v) is 2.15. The first-order chi connectivity index (χ1) is 7.67. The molecule has 1 rings (SSSR count). The van der Waals surface area contributed by atoms with Crippen molar-refractivity contribution in [1.29, 1.82) is 0 Å². The zero-order valence-corrected chi connectivity index (χ0v) is 10.2. The number of hydrogen-bond donors (Lipinski definition) is 2. The predicted molar refractivity (Wildman–Crippen MR) is 63.1 cm³/mol. The number of amides is 1. The molecule has 1 aliphatic rings. The van der Waals surface area contributed by atoms with Gasteiger partial charge in [0.1, 0.15) is 0 Å². The average molecular weight is 229 g/mol. The first-order valence-electron chi connectivity index (χ1n) is 5.85. The number of primary amides is 1. The minimum absolute atomic E-state index is 0.237. The normalized spacial score (nSPS) is 20.9. The third-order valence-electron chi connectivity index (χ3n) is 3.24. The van der Waals surface area contributed by atoms with E-state index in [2.05, 4.69) is 10.2 Å². The van der Waals surface area contributed by atoms with Gasteiger partial charge in [-0.1, -0.05) is 0 Å². The molecule has 1 fully saturated rings. The van der Waals surface area contributed by atoms with Gasteiger partial charge < -0.3 is 20.7 Å². The van der Waals surface area contributed by atoms with Crippen LogP contribution in [0, 0.1) is 5.92 Å². The van der Waals surface area contributed by atoms with E-state index in [1.54, 1.807) is 14.2 Å². The summed E-state index contributed by atoms with van der Waals surface area (Å²) >= 11 is 0. The maximum absolute atomic E-state index is 11.1. The van der Waals surface area contributed by atoms with Crippen molar-refractivity contribution in [3.8, 4) is 0 Å². The standard InChI is InChI=1S/C11H23N3O2/c1-13-10(11(12)15)7-14-5-3-9(4-6-14)8-16-2/h9-10,13H,3-8H2,1-2H3,(H2,12,15). The number of nitrogens with one attached hydrogen (secondary N) is 1. The third kappa shape index (κ3) is 4.08. The van der Waals surface area contributed by atoms with Crippen LogP contribution in [0.2, 0.25) is 0 Å². The number of hydrogen-bond acceptors (Lipinski definition) is 4. The molecule has 0 radical (unpaired) electrons. The predicted octanol–water partition coefficient (Wildman–Crippen LogP) is -0.582. The fraction of sp³-hybridized carbons (Fsp3) is 0.909. The molecule has 5 heteroatoms. The monoisotopic (exact) mass is 229 g/mol. The molecule has 0 aromatic rings. The summed E-state index contributed by atoms with van der Waals surface area (Å²) in [7, 11) is 3.52. The van der Waals surface area contributed by atoms with Crippen LogP contribution in [0.1, 0.15) is 12.8 Å². The maximum atomic E-state index is 11.1. The number of ether oxygens (including phenoxy) is 1. The zero-order chi connectivity index (χ0) is 12.0. The zero-order valence-electron chi connectivity index (χ0n) is 10.2. The van der Waals surface area contributed by atoms with Gasteiger partial charge in [0, 0.05) is 20.3 Å². The van der Waals surface area contributed by atoms with E-state index in [1.165, 1.54) is 0 Å². The van der Waals surface area contributed by atoms with Crippen LogP contribution in [0.4, 0.5) is 0 Å². The molecule has 1 saturated heterocycles. The number of nitrogens with two attached hydrogens (primary N) is 1. The van der Waals surface area contributed by atoms with Crippen molar-refractivity contribution in [2.45, 2.75) is 18.9 Å². The molecule has 0 aromatic heterocycles. The Kier molecular flexibility index (Phi) is 5.73. The van der Waals surface area contributed by atoms with Crippen molar-refractivity contribution in [1.82, 2.24) is 10.2 Å². The smallest absolute Gasteiger partial charge is 0.235 e. The number of likely N-dealkylation sites (N-methyl/N-ethyl adjacent to an activating group) is 1. The number of likely N-dealkylation sites (tertiary alicyclic amines) is 1. The van der Waals surface area contributed by atoms with Gasteiger partial charge in [0.15, 0.2) is 0 Å². The minimum Gasteiger partial charge on any atom is -0.384 e. The van der Waals surface area contributed by atoms with E-state index in [4.69, 9.17) is 10.5 Å². The Morgan fingerprint density at radius 2 is 2.19 bits per heavy atom. The van der Waals surface area contributed by atoms with Crippen molar-refractivity contribution >= 4 is 5.91 Å². The summed E-state index contributed by atoms with van der Waals surface area (Å²) in [5, 5.41) is 2.94. The van der Waals surface area contributed by atoms with Crippen LogP contribution in [-0.2, 0) is 9.53 Å². The van der Waals surface area contributed by atoms with E-state index in [1.807, 2.05) is 0 Å². The summed E-state index contributed by atoms with van der Waals surface area (Å²) in [4.78, 5) is 13.4. The van der Waals surface area contributed by atoms with Gasteiger partial charge in [-0.15, -0.1) is 0 Å². The Morgan fingerprint density at radius 1 is 1.56 bits per heavy atom. The molecule has 0 spiro atoms. The van der Waals surface area contributed by atoms with Crippen LogP contribution in [0.5, 0.6) is 0 Å². The second kappa shape index (κ2) is 6.83. The molecular formula is C11H23N3O2. The van der Waals surface area contributed by atoms with Gasteiger partial charge >= 0.3 is 0 Å². The maximum Gasteiger partial charge on any atom is 0.235 e. The molecule has 94 valence electrons. The lowest BCUT2D eigenvalue weighted by molar-refractivity contribution is -0.120. The van der Waals surface area contributed by atoms with Gasteiger partial charge in [-0.2, -0.15) is 0 Å². The first kappa shape index (κ1) is 13.4. The second-order valence-electron chi connectivity index (χ2n) is 4.44. The quantitative estimate of drug-likeness (QED) is 0.639. The van der Waals surface area contributed by atoms with E-state index in [-0.39, 0.29) is 11.9 Å². The molecule has 1 aliphatic heterocycles. The summed E-state index contributed by atoms with van der Waals surface area (Å²) < 4.78 is 5.15. The van der Waals surface area contributed by atoms with Crippen LogP contribution in [-0.4, -0.2) is 57.2 Å². The number of rotatable bonds is 6. The van der Waals surface area contributed by atoms with Crippen molar-refractivity contribution in [2.24, 2.45) is 11.7 Å². The number of piperidine rings is 1. The molecule has 16 heavy (non-hydrogen) atoms.